The molecule has 0 atom stereocenters. The lowest BCUT2D eigenvalue weighted by molar-refractivity contribution is 0.887. The Morgan fingerprint density at radius 1 is 1.21 bits per heavy atom. The highest BCUT2D eigenvalue weighted by atomic mass is 35.5. The first-order chi connectivity index (χ1) is 11.6. The van der Waals surface area contributed by atoms with Crippen LogP contribution in [0.1, 0.15) is 6.92 Å². The van der Waals surface area contributed by atoms with E-state index in [1.165, 1.54) is 0 Å². The minimum absolute atomic E-state index is 0.482. The first-order valence-electron chi connectivity index (χ1n) is 7.14. The molecule has 0 aliphatic rings. The summed E-state index contributed by atoms with van der Waals surface area (Å²) >= 11 is 13.8. The van der Waals surface area contributed by atoms with Gasteiger partial charge in [0.15, 0.2) is 11.0 Å². The number of hydrogen-bond donors (Lipinski definition) is 0. The maximum atomic E-state index is 6.19. The van der Waals surface area contributed by atoms with Crippen LogP contribution < -0.4 is 0 Å². The molecule has 2 aromatic heterocycles. The number of rotatable bonds is 5. The Bertz CT molecular complexity index is 878. The van der Waals surface area contributed by atoms with E-state index in [1.807, 2.05) is 29.7 Å². The molecule has 0 amide bonds. The van der Waals surface area contributed by atoms with E-state index in [-0.39, 0.29) is 0 Å². The number of halogens is 2. The zero-order chi connectivity index (χ0) is 17.1. The fourth-order valence-corrected chi connectivity index (χ4v) is 3.18. The number of aromatic nitrogens is 4. The normalized spacial score (nSPS) is 10.8. The summed E-state index contributed by atoms with van der Waals surface area (Å²) in [6, 6.07) is 9.27. The number of thioether (sulfide) groups is 1. The van der Waals surface area contributed by atoms with Gasteiger partial charge in [-0.05, 0) is 37.3 Å². The molecule has 2 heterocycles. The van der Waals surface area contributed by atoms with Gasteiger partial charge in [-0.15, -0.1) is 10.2 Å². The van der Waals surface area contributed by atoms with Crippen LogP contribution in [0.2, 0.25) is 10.0 Å². The van der Waals surface area contributed by atoms with Gasteiger partial charge in [0.1, 0.15) is 0 Å². The van der Waals surface area contributed by atoms with E-state index in [0.717, 1.165) is 27.7 Å². The fourth-order valence-electron chi connectivity index (χ4n) is 2.09. The first kappa shape index (κ1) is 17.0. The maximum Gasteiger partial charge on any atom is 0.196 e. The summed E-state index contributed by atoms with van der Waals surface area (Å²) in [5, 5.41) is 10.4. The predicted octanol–water partition coefficient (Wildman–Crippen LogP) is 5.30. The lowest BCUT2D eigenvalue weighted by atomic mass is 10.2. The highest BCUT2D eigenvalue weighted by Gasteiger charge is 2.17. The summed E-state index contributed by atoms with van der Waals surface area (Å²) < 4.78 is 1.95. The number of nitrogens with zero attached hydrogens (tertiary/aromatic N) is 4. The summed E-state index contributed by atoms with van der Waals surface area (Å²) in [7, 11) is 0. The summed E-state index contributed by atoms with van der Waals surface area (Å²) in [6.07, 6.45) is 3.48. The average Bonchev–Trinajstić information content (AvgIpc) is 3.00. The molecule has 0 saturated carbocycles. The van der Waals surface area contributed by atoms with Crippen molar-refractivity contribution in [3.63, 3.8) is 0 Å². The Morgan fingerprint density at radius 3 is 2.71 bits per heavy atom. The second kappa shape index (κ2) is 7.38. The molecule has 0 unspecified atom stereocenters. The van der Waals surface area contributed by atoms with Crippen LogP contribution in [-0.4, -0.2) is 25.5 Å². The summed E-state index contributed by atoms with van der Waals surface area (Å²) in [5.74, 6) is 1.46. The quantitative estimate of drug-likeness (QED) is 0.447. The van der Waals surface area contributed by atoms with Crippen LogP contribution in [0.5, 0.6) is 0 Å². The van der Waals surface area contributed by atoms with Crippen molar-refractivity contribution in [1.82, 2.24) is 19.7 Å². The van der Waals surface area contributed by atoms with Crippen molar-refractivity contribution in [2.75, 3.05) is 5.75 Å². The molecule has 4 nitrogen and oxygen atoms in total. The predicted molar refractivity (Wildman–Crippen MR) is 100 cm³/mol. The molecule has 0 aliphatic carbocycles. The van der Waals surface area contributed by atoms with Gasteiger partial charge in [-0.1, -0.05) is 47.1 Å². The van der Waals surface area contributed by atoms with Gasteiger partial charge in [0.05, 0.1) is 15.7 Å². The van der Waals surface area contributed by atoms with E-state index in [9.17, 15) is 0 Å². The zero-order valence-electron chi connectivity index (χ0n) is 12.9. The van der Waals surface area contributed by atoms with Crippen molar-refractivity contribution >= 4 is 35.0 Å². The van der Waals surface area contributed by atoms with Gasteiger partial charge in [0.2, 0.25) is 0 Å². The van der Waals surface area contributed by atoms with Crippen LogP contribution in [0.15, 0.2) is 60.0 Å². The molecule has 1 aromatic carbocycles. The summed E-state index contributed by atoms with van der Waals surface area (Å²) in [5.41, 5.74) is 2.78. The minimum atomic E-state index is 0.482. The molecule has 7 heteroatoms. The van der Waals surface area contributed by atoms with E-state index >= 15 is 0 Å². The van der Waals surface area contributed by atoms with Crippen LogP contribution in [-0.2, 0) is 0 Å². The van der Waals surface area contributed by atoms with Gasteiger partial charge in [0, 0.05) is 23.7 Å². The standard InChI is InChI=1S/C17H14Cl2N4S/c1-11(2)10-24-17-22-21-16(12-4-3-7-20-9-12)23(17)13-5-6-14(18)15(19)8-13/h3-9H,1,10H2,2H3. The van der Waals surface area contributed by atoms with Crippen molar-refractivity contribution in [2.24, 2.45) is 0 Å². The molecule has 0 fully saturated rings. The summed E-state index contributed by atoms with van der Waals surface area (Å²) in [6.45, 7) is 5.92. The van der Waals surface area contributed by atoms with Gasteiger partial charge in [-0.25, -0.2) is 0 Å². The highest BCUT2D eigenvalue weighted by Crippen LogP contribution is 2.31. The van der Waals surface area contributed by atoms with E-state index in [1.54, 1.807) is 36.3 Å². The van der Waals surface area contributed by atoms with Crippen molar-refractivity contribution in [3.05, 3.63) is 64.9 Å². The molecular formula is C17H14Cl2N4S. The minimum Gasteiger partial charge on any atom is -0.270 e. The number of benzene rings is 1. The molecule has 122 valence electrons. The smallest absolute Gasteiger partial charge is 0.196 e. The monoisotopic (exact) mass is 376 g/mol. The van der Waals surface area contributed by atoms with Crippen molar-refractivity contribution in [3.8, 4) is 17.1 Å². The van der Waals surface area contributed by atoms with Gasteiger partial charge >= 0.3 is 0 Å². The van der Waals surface area contributed by atoms with Gasteiger partial charge in [0.25, 0.3) is 0 Å². The van der Waals surface area contributed by atoms with Crippen molar-refractivity contribution < 1.29 is 0 Å². The summed E-state index contributed by atoms with van der Waals surface area (Å²) in [4.78, 5) is 4.16. The SMILES string of the molecule is C=C(C)CSc1nnc(-c2cccnc2)n1-c1ccc(Cl)c(Cl)c1. The fraction of sp³-hybridized carbons (Fsp3) is 0.118. The molecule has 0 radical (unpaired) electrons. The van der Waals surface area contributed by atoms with E-state index in [2.05, 4.69) is 21.8 Å². The first-order valence-corrected chi connectivity index (χ1v) is 8.89. The molecule has 3 aromatic rings. The van der Waals surface area contributed by atoms with E-state index in [0.29, 0.717) is 15.9 Å². The number of hydrogen-bond acceptors (Lipinski definition) is 4. The Labute approximate surface area is 154 Å². The Morgan fingerprint density at radius 2 is 2.04 bits per heavy atom. The molecular weight excluding hydrogens is 363 g/mol. The largest absolute Gasteiger partial charge is 0.270 e. The molecule has 0 N–H and O–H groups in total. The van der Waals surface area contributed by atoms with Crippen LogP contribution in [0.25, 0.3) is 17.1 Å². The third-order valence-electron chi connectivity index (χ3n) is 3.16. The average molecular weight is 377 g/mol. The molecule has 0 saturated heterocycles. The molecule has 0 aliphatic heterocycles. The lowest BCUT2D eigenvalue weighted by Gasteiger charge is -2.11. The third kappa shape index (κ3) is 3.64. The van der Waals surface area contributed by atoms with Crippen LogP contribution >= 0.6 is 35.0 Å². The maximum absolute atomic E-state index is 6.19. The molecule has 0 bridgehead atoms. The van der Waals surface area contributed by atoms with Crippen LogP contribution in [0, 0.1) is 0 Å². The van der Waals surface area contributed by atoms with E-state index < -0.39 is 0 Å². The van der Waals surface area contributed by atoms with Crippen LogP contribution in [0.4, 0.5) is 0 Å². The van der Waals surface area contributed by atoms with E-state index in [4.69, 9.17) is 23.2 Å². The Kier molecular flexibility index (Phi) is 5.23. The zero-order valence-corrected chi connectivity index (χ0v) is 15.2. The number of pyridine rings is 1. The Hall–Kier alpha value is -1.82. The van der Waals surface area contributed by atoms with Crippen molar-refractivity contribution in [1.29, 1.82) is 0 Å². The van der Waals surface area contributed by atoms with Gasteiger partial charge < -0.3 is 0 Å². The lowest BCUT2D eigenvalue weighted by Crippen LogP contribution is -2.00. The van der Waals surface area contributed by atoms with Gasteiger partial charge in [-0.2, -0.15) is 0 Å². The molecule has 0 spiro atoms. The van der Waals surface area contributed by atoms with Crippen LogP contribution in [0.3, 0.4) is 0 Å². The molecule has 3 rings (SSSR count). The second-order valence-electron chi connectivity index (χ2n) is 5.23. The highest BCUT2D eigenvalue weighted by molar-refractivity contribution is 7.99. The van der Waals surface area contributed by atoms with Crippen molar-refractivity contribution in [2.45, 2.75) is 12.1 Å². The topological polar surface area (TPSA) is 43.6 Å². The van der Waals surface area contributed by atoms with Gasteiger partial charge in [-0.3, -0.25) is 9.55 Å². The second-order valence-corrected chi connectivity index (χ2v) is 6.98. The Balaban J connectivity index is 2.13. The third-order valence-corrected chi connectivity index (χ3v) is 5.06. The molecule has 24 heavy (non-hydrogen) atoms.